The predicted molar refractivity (Wildman–Crippen MR) is 50.3 cm³/mol. The van der Waals surface area contributed by atoms with Crippen LogP contribution < -0.4 is 5.32 Å². The highest BCUT2D eigenvalue weighted by molar-refractivity contribution is 5.73. The van der Waals surface area contributed by atoms with Gasteiger partial charge in [-0.3, -0.25) is 4.79 Å². The Morgan fingerprint density at radius 2 is 2.15 bits per heavy atom. The molecule has 0 heterocycles. The molecule has 0 aromatic heterocycles. The molecule has 76 valence electrons. The van der Waals surface area contributed by atoms with Crippen molar-refractivity contribution in [1.29, 1.82) is 0 Å². The summed E-state index contributed by atoms with van der Waals surface area (Å²) < 4.78 is 0. The van der Waals surface area contributed by atoms with E-state index in [1.54, 1.807) is 0 Å². The van der Waals surface area contributed by atoms with Crippen LogP contribution in [0.1, 0.15) is 26.7 Å². The van der Waals surface area contributed by atoms with Crippen molar-refractivity contribution >= 4 is 5.97 Å². The van der Waals surface area contributed by atoms with Crippen LogP contribution in [0.25, 0.3) is 0 Å². The molecule has 0 aliphatic rings. The standard InChI is InChI=1S/C9H17NO3/c1-4-8(11)5-6(2)10-7(3)9(12)13/h7-8,10-11H,2,4-5H2,1,3H3,(H,12,13)/t7-,8-/m0/s1. The Morgan fingerprint density at radius 3 is 2.54 bits per heavy atom. The highest BCUT2D eigenvalue weighted by atomic mass is 16.4. The normalized spacial score (nSPS) is 14.7. The highest BCUT2D eigenvalue weighted by Gasteiger charge is 2.11. The summed E-state index contributed by atoms with van der Waals surface area (Å²) in [6.45, 7) is 7.02. The van der Waals surface area contributed by atoms with Crippen LogP contribution in [0.15, 0.2) is 12.3 Å². The first-order chi connectivity index (χ1) is 5.97. The van der Waals surface area contributed by atoms with E-state index in [9.17, 15) is 9.90 Å². The van der Waals surface area contributed by atoms with Gasteiger partial charge in [-0.2, -0.15) is 0 Å². The Balaban J connectivity index is 3.81. The predicted octanol–water partition coefficient (Wildman–Crippen LogP) is 0.724. The lowest BCUT2D eigenvalue weighted by Crippen LogP contribution is -2.33. The van der Waals surface area contributed by atoms with Crippen molar-refractivity contribution in [2.45, 2.75) is 38.8 Å². The summed E-state index contributed by atoms with van der Waals surface area (Å²) in [6.07, 6.45) is 0.594. The SMILES string of the molecule is C=C(C[C@@H](O)CC)N[C@@H](C)C(=O)O. The van der Waals surface area contributed by atoms with E-state index in [1.807, 2.05) is 6.92 Å². The Bertz CT molecular complexity index is 191. The maximum absolute atomic E-state index is 10.4. The second-order valence-electron chi connectivity index (χ2n) is 3.07. The molecule has 0 radical (unpaired) electrons. The summed E-state index contributed by atoms with van der Waals surface area (Å²) in [5.41, 5.74) is 0.559. The van der Waals surface area contributed by atoms with Gasteiger partial charge in [-0.25, -0.2) is 0 Å². The molecule has 3 N–H and O–H groups in total. The van der Waals surface area contributed by atoms with Crippen LogP contribution >= 0.6 is 0 Å². The first kappa shape index (κ1) is 12.0. The minimum absolute atomic E-state index is 0.397. The Morgan fingerprint density at radius 1 is 1.62 bits per heavy atom. The molecule has 0 aliphatic heterocycles. The molecule has 2 atom stereocenters. The number of aliphatic carboxylic acids is 1. The molecule has 0 amide bonds. The van der Waals surface area contributed by atoms with E-state index in [-0.39, 0.29) is 0 Å². The topological polar surface area (TPSA) is 69.6 Å². The fourth-order valence-electron chi connectivity index (χ4n) is 0.856. The van der Waals surface area contributed by atoms with Crippen molar-refractivity contribution in [2.24, 2.45) is 0 Å². The maximum atomic E-state index is 10.4. The first-order valence-electron chi connectivity index (χ1n) is 4.32. The smallest absolute Gasteiger partial charge is 0.325 e. The second-order valence-corrected chi connectivity index (χ2v) is 3.07. The van der Waals surface area contributed by atoms with Crippen molar-refractivity contribution in [3.8, 4) is 0 Å². The van der Waals surface area contributed by atoms with Crippen LogP contribution in [0, 0.1) is 0 Å². The van der Waals surface area contributed by atoms with Crippen LogP contribution in [0.3, 0.4) is 0 Å². The van der Waals surface area contributed by atoms with Crippen LogP contribution in [0.5, 0.6) is 0 Å². The zero-order chi connectivity index (χ0) is 10.4. The van der Waals surface area contributed by atoms with E-state index in [1.165, 1.54) is 6.92 Å². The van der Waals surface area contributed by atoms with E-state index in [0.29, 0.717) is 18.5 Å². The molecule has 13 heavy (non-hydrogen) atoms. The quantitative estimate of drug-likeness (QED) is 0.573. The largest absolute Gasteiger partial charge is 0.480 e. The van der Waals surface area contributed by atoms with E-state index < -0.39 is 18.1 Å². The summed E-state index contributed by atoms with van der Waals surface area (Å²) in [7, 11) is 0. The van der Waals surface area contributed by atoms with E-state index in [4.69, 9.17) is 5.11 Å². The fourth-order valence-corrected chi connectivity index (χ4v) is 0.856. The molecule has 0 aromatic carbocycles. The van der Waals surface area contributed by atoms with Gasteiger partial charge in [0.2, 0.25) is 0 Å². The van der Waals surface area contributed by atoms with Crippen LogP contribution in [-0.4, -0.2) is 28.3 Å². The van der Waals surface area contributed by atoms with Crippen molar-refractivity contribution in [2.75, 3.05) is 0 Å². The van der Waals surface area contributed by atoms with Gasteiger partial charge < -0.3 is 15.5 Å². The monoisotopic (exact) mass is 187 g/mol. The molecule has 0 aliphatic carbocycles. The molecule has 0 spiro atoms. The number of carboxylic acids is 1. The summed E-state index contributed by atoms with van der Waals surface area (Å²) in [5.74, 6) is -0.924. The maximum Gasteiger partial charge on any atom is 0.325 e. The third-order valence-corrected chi connectivity index (χ3v) is 1.74. The van der Waals surface area contributed by atoms with E-state index >= 15 is 0 Å². The van der Waals surface area contributed by atoms with Gasteiger partial charge in [-0.15, -0.1) is 0 Å². The number of nitrogens with one attached hydrogen (secondary N) is 1. The van der Waals surface area contributed by atoms with Crippen LogP contribution in [0.2, 0.25) is 0 Å². The minimum atomic E-state index is -0.924. The number of hydrogen-bond donors (Lipinski definition) is 3. The van der Waals surface area contributed by atoms with Gasteiger partial charge in [0.25, 0.3) is 0 Å². The average molecular weight is 187 g/mol. The molecule has 0 saturated carbocycles. The number of carboxylic acid groups (broad SMARTS) is 1. The zero-order valence-corrected chi connectivity index (χ0v) is 8.08. The van der Waals surface area contributed by atoms with Crippen molar-refractivity contribution in [3.63, 3.8) is 0 Å². The third kappa shape index (κ3) is 5.25. The van der Waals surface area contributed by atoms with Gasteiger partial charge in [-0.05, 0) is 13.3 Å². The number of aliphatic hydroxyl groups is 1. The summed E-state index contributed by atoms with van der Waals surface area (Å²) in [5, 5.41) is 20.5. The van der Waals surface area contributed by atoms with Crippen molar-refractivity contribution in [1.82, 2.24) is 5.32 Å². The lowest BCUT2D eigenvalue weighted by atomic mass is 10.1. The number of carbonyl (C=O) groups is 1. The van der Waals surface area contributed by atoms with Gasteiger partial charge in [-0.1, -0.05) is 13.5 Å². The summed E-state index contributed by atoms with van der Waals surface area (Å²) in [6, 6.07) is -0.656. The van der Waals surface area contributed by atoms with Gasteiger partial charge in [0.05, 0.1) is 6.10 Å². The van der Waals surface area contributed by atoms with Crippen LogP contribution in [0.4, 0.5) is 0 Å². The lowest BCUT2D eigenvalue weighted by Gasteiger charge is -2.15. The van der Waals surface area contributed by atoms with Gasteiger partial charge in [0.15, 0.2) is 0 Å². The molecule has 0 fully saturated rings. The molecule has 4 heteroatoms. The lowest BCUT2D eigenvalue weighted by molar-refractivity contribution is -0.138. The average Bonchev–Trinajstić information content (AvgIpc) is 2.03. The molecule has 0 unspecified atom stereocenters. The number of aliphatic hydroxyl groups excluding tert-OH is 1. The Hall–Kier alpha value is -1.03. The Labute approximate surface area is 78.3 Å². The van der Waals surface area contributed by atoms with Gasteiger partial charge in [0, 0.05) is 12.1 Å². The molecule has 0 bridgehead atoms. The molecular formula is C9H17NO3. The molecule has 4 nitrogen and oxygen atoms in total. The molecule has 0 aromatic rings. The molecule has 0 rings (SSSR count). The minimum Gasteiger partial charge on any atom is -0.480 e. The van der Waals surface area contributed by atoms with Gasteiger partial charge in [0.1, 0.15) is 6.04 Å². The van der Waals surface area contributed by atoms with Crippen molar-refractivity contribution < 1.29 is 15.0 Å². The Kier molecular flexibility index (Phi) is 5.14. The van der Waals surface area contributed by atoms with Crippen LogP contribution in [-0.2, 0) is 4.79 Å². The highest BCUT2D eigenvalue weighted by Crippen LogP contribution is 2.04. The number of rotatable bonds is 6. The van der Waals surface area contributed by atoms with E-state index in [2.05, 4.69) is 11.9 Å². The van der Waals surface area contributed by atoms with E-state index in [0.717, 1.165) is 0 Å². The van der Waals surface area contributed by atoms with Crippen molar-refractivity contribution in [3.05, 3.63) is 12.3 Å². The summed E-state index contributed by atoms with van der Waals surface area (Å²) in [4.78, 5) is 10.4. The third-order valence-electron chi connectivity index (χ3n) is 1.74. The number of hydrogen-bond acceptors (Lipinski definition) is 3. The van der Waals surface area contributed by atoms with Gasteiger partial charge >= 0.3 is 5.97 Å². The fraction of sp³-hybridized carbons (Fsp3) is 0.667. The molecule has 0 saturated heterocycles. The summed E-state index contributed by atoms with van der Waals surface area (Å²) >= 11 is 0. The second kappa shape index (κ2) is 5.59. The first-order valence-corrected chi connectivity index (χ1v) is 4.32. The molecular weight excluding hydrogens is 170 g/mol. The zero-order valence-electron chi connectivity index (χ0n) is 8.08.